The highest BCUT2D eigenvalue weighted by Gasteiger charge is 1.65. The monoisotopic (exact) mass is 229 g/mol. The van der Waals surface area contributed by atoms with Gasteiger partial charge in [-0.2, -0.15) is 0 Å². The maximum atomic E-state index is 9.00. The Morgan fingerprint density at radius 1 is 0.933 bits per heavy atom. The first kappa shape index (κ1) is 29.2. The van der Waals surface area contributed by atoms with Gasteiger partial charge in [-0.15, -0.1) is 0 Å². The SMILES string of the molecule is CC(=O)O.CCO.CCO.CCO.CN. The number of hydrogen-bond donors (Lipinski definition) is 5. The number of aliphatic hydroxyl groups excluding tert-OH is 3. The second-order valence-corrected chi connectivity index (χ2v) is 1.47. The first-order valence-electron chi connectivity index (χ1n) is 4.58. The van der Waals surface area contributed by atoms with E-state index in [1.165, 1.54) is 7.05 Å². The van der Waals surface area contributed by atoms with E-state index in [4.69, 9.17) is 25.2 Å². The average molecular weight is 229 g/mol. The molecule has 6 N–H and O–H groups in total. The van der Waals surface area contributed by atoms with Crippen molar-refractivity contribution in [1.82, 2.24) is 0 Å². The molecule has 0 saturated carbocycles. The predicted octanol–water partition coefficient (Wildman–Crippen LogP) is -0.338. The molecule has 0 aliphatic rings. The molecule has 98 valence electrons. The number of carboxylic acid groups (broad SMARTS) is 1. The van der Waals surface area contributed by atoms with Crippen LogP contribution in [0.25, 0.3) is 0 Å². The summed E-state index contributed by atoms with van der Waals surface area (Å²) in [5, 5.41) is 30.1. The van der Waals surface area contributed by atoms with Crippen LogP contribution in [0.15, 0.2) is 0 Å². The third-order valence-electron chi connectivity index (χ3n) is 0. The van der Waals surface area contributed by atoms with E-state index in [-0.39, 0.29) is 19.8 Å². The van der Waals surface area contributed by atoms with Crippen molar-refractivity contribution in [3.05, 3.63) is 0 Å². The number of carbonyl (C=O) groups is 1. The summed E-state index contributed by atoms with van der Waals surface area (Å²) < 4.78 is 0. The van der Waals surface area contributed by atoms with Crippen LogP contribution in [0.1, 0.15) is 27.7 Å². The minimum absolute atomic E-state index is 0.250. The molecule has 0 aromatic rings. The van der Waals surface area contributed by atoms with Crippen molar-refractivity contribution in [2.24, 2.45) is 5.73 Å². The normalized spacial score (nSPS) is 5.67. The summed E-state index contributed by atoms with van der Waals surface area (Å²) in [6, 6.07) is 0. The molecule has 0 rings (SSSR count). The highest BCUT2D eigenvalue weighted by molar-refractivity contribution is 5.62. The lowest BCUT2D eigenvalue weighted by molar-refractivity contribution is -0.134. The van der Waals surface area contributed by atoms with Crippen LogP contribution in [0.2, 0.25) is 0 Å². The molecule has 0 heterocycles. The van der Waals surface area contributed by atoms with Gasteiger partial charge in [-0.3, -0.25) is 4.79 Å². The van der Waals surface area contributed by atoms with Crippen LogP contribution in [0.5, 0.6) is 0 Å². The van der Waals surface area contributed by atoms with Gasteiger partial charge < -0.3 is 26.2 Å². The Kier molecular flexibility index (Phi) is 139. The van der Waals surface area contributed by atoms with Crippen molar-refractivity contribution >= 4 is 5.97 Å². The van der Waals surface area contributed by atoms with Gasteiger partial charge in [0, 0.05) is 26.7 Å². The summed E-state index contributed by atoms with van der Waals surface area (Å²) in [7, 11) is 1.50. The third kappa shape index (κ3) is 3580. The van der Waals surface area contributed by atoms with E-state index in [0.717, 1.165) is 6.92 Å². The van der Waals surface area contributed by atoms with Gasteiger partial charge in [0.25, 0.3) is 5.97 Å². The average Bonchev–Trinajstić information content (AvgIpc) is 2.09. The van der Waals surface area contributed by atoms with E-state index in [1.807, 2.05) is 0 Å². The van der Waals surface area contributed by atoms with Gasteiger partial charge >= 0.3 is 0 Å². The molecule has 0 atom stereocenters. The van der Waals surface area contributed by atoms with Gasteiger partial charge in [-0.25, -0.2) is 0 Å². The lowest BCUT2D eigenvalue weighted by Gasteiger charge is -1.59. The Morgan fingerprint density at radius 3 is 0.933 bits per heavy atom. The fourth-order valence-corrected chi connectivity index (χ4v) is 0. The summed E-state index contributed by atoms with van der Waals surface area (Å²) in [5.74, 6) is -0.833. The standard InChI is InChI=1S/C2H4O2.3C2H6O.CH5N/c1-2(3)4;3*1-2-3;1-2/h1H3,(H,3,4);3*3H,2H2,1H3;2H2,1H3. The van der Waals surface area contributed by atoms with Gasteiger partial charge in [-0.1, -0.05) is 0 Å². The molecule has 15 heavy (non-hydrogen) atoms. The fourth-order valence-electron chi connectivity index (χ4n) is 0. The zero-order valence-corrected chi connectivity index (χ0v) is 10.4. The Morgan fingerprint density at radius 2 is 0.933 bits per heavy atom. The lowest BCUT2D eigenvalue weighted by atomic mass is 10.9. The summed E-state index contributed by atoms with van der Waals surface area (Å²) >= 11 is 0. The molecule has 0 radical (unpaired) electrons. The van der Waals surface area contributed by atoms with E-state index in [0.29, 0.717) is 0 Å². The van der Waals surface area contributed by atoms with Crippen LogP contribution in [0.3, 0.4) is 0 Å². The van der Waals surface area contributed by atoms with E-state index >= 15 is 0 Å². The highest BCUT2D eigenvalue weighted by Crippen LogP contribution is 1.42. The first-order chi connectivity index (χ1) is 6.97. The molecular weight excluding hydrogens is 202 g/mol. The Labute approximate surface area is 92.4 Å². The third-order valence-corrected chi connectivity index (χ3v) is 0. The number of rotatable bonds is 0. The van der Waals surface area contributed by atoms with Crippen LogP contribution in [-0.2, 0) is 4.79 Å². The summed E-state index contributed by atoms with van der Waals surface area (Å²) in [4.78, 5) is 9.00. The van der Waals surface area contributed by atoms with Crippen LogP contribution >= 0.6 is 0 Å². The lowest BCUT2D eigenvalue weighted by Crippen LogP contribution is -1.78. The van der Waals surface area contributed by atoms with Crippen LogP contribution in [-0.4, -0.2) is 53.3 Å². The predicted molar refractivity (Wildman–Crippen MR) is 61.7 cm³/mol. The van der Waals surface area contributed by atoms with E-state index in [1.54, 1.807) is 20.8 Å². The van der Waals surface area contributed by atoms with E-state index in [9.17, 15) is 0 Å². The van der Waals surface area contributed by atoms with Crippen molar-refractivity contribution in [3.8, 4) is 0 Å². The number of aliphatic hydroxyl groups is 3. The van der Waals surface area contributed by atoms with Gasteiger partial charge in [0.2, 0.25) is 0 Å². The molecule has 0 aliphatic heterocycles. The molecule has 0 aliphatic carbocycles. The fraction of sp³-hybridized carbons (Fsp3) is 0.889. The second-order valence-electron chi connectivity index (χ2n) is 1.47. The Balaban J connectivity index is -0.0000000283. The van der Waals surface area contributed by atoms with Gasteiger partial charge in [-0.05, 0) is 27.8 Å². The minimum atomic E-state index is -0.833. The van der Waals surface area contributed by atoms with Crippen molar-refractivity contribution in [2.45, 2.75) is 27.7 Å². The summed E-state index contributed by atoms with van der Waals surface area (Å²) in [6.45, 7) is 6.88. The zero-order valence-electron chi connectivity index (χ0n) is 10.4. The van der Waals surface area contributed by atoms with Crippen molar-refractivity contribution < 1.29 is 25.2 Å². The molecular formula is C9H27NO5. The van der Waals surface area contributed by atoms with E-state index < -0.39 is 5.97 Å². The first-order valence-corrected chi connectivity index (χ1v) is 4.58. The Bertz CT molecular complexity index is 62.8. The van der Waals surface area contributed by atoms with Crippen molar-refractivity contribution in [2.75, 3.05) is 26.9 Å². The molecule has 0 amide bonds. The maximum Gasteiger partial charge on any atom is 0.300 e. The second kappa shape index (κ2) is 71.5. The smallest absolute Gasteiger partial charge is 0.300 e. The molecule has 0 spiro atoms. The van der Waals surface area contributed by atoms with Crippen molar-refractivity contribution in [3.63, 3.8) is 0 Å². The number of aliphatic carboxylic acids is 1. The molecule has 0 saturated heterocycles. The topological polar surface area (TPSA) is 124 Å². The summed E-state index contributed by atoms with van der Waals surface area (Å²) in [5.41, 5.74) is 4.50. The number of nitrogens with two attached hydrogens (primary N) is 1. The molecule has 6 heteroatoms. The largest absolute Gasteiger partial charge is 0.481 e. The Hall–Kier alpha value is -0.690. The molecule has 0 aromatic heterocycles. The van der Waals surface area contributed by atoms with Crippen LogP contribution in [0, 0.1) is 0 Å². The molecule has 0 aromatic carbocycles. The molecule has 0 bridgehead atoms. The maximum absolute atomic E-state index is 9.00. The molecule has 0 fully saturated rings. The minimum Gasteiger partial charge on any atom is -0.481 e. The van der Waals surface area contributed by atoms with Gasteiger partial charge in [0.15, 0.2) is 0 Å². The van der Waals surface area contributed by atoms with Gasteiger partial charge in [0.1, 0.15) is 0 Å². The number of carboxylic acids is 1. The van der Waals surface area contributed by atoms with E-state index in [2.05, 4.69) is 5.73 Å². The van der Waals surface area contributed by atoms with Gasteiger partial charge in [0.05, 0.1) is 0 Å². The highest BCUT2D eigenvalue weighted by atomic mass is 16.4. The quantitative estimate of drug-likeness (QED) is 0.387. The van der Waals surface area contributed by atoms with Crippen molar-refractivity contribution in [1.29, 1.82) is 0 Å². The number of hydrogen-bond acceptors (Lipinski definition) is 5. The zero-order chi connectivity index (χ0) is 13.7. The van der Waals surface area contributed by atoms with Crippen LogP contribution < -0.4 is 5.73 Å². The molecule has 0 unspecified atom stereocenters. The molecule has 6 nitrogen and oxygen atoms in total. The van der Waals surface area contributed by atoms with Crippen LogP contribution in [0.4, 0.5) is 0 Å². The summed E-state index contributed by atoms with van der Waals surface area (Å²) in [6.07, 6.45) is 0.